The summed E-state index contributed by atoms with van der Waals surface area (Å²) in [5.74, 6) is -4.20. The van der Waals surface area contributed by atoms with Gasteiger partial charge in [-0.15, -0.1) is 0 Å². The van der Waals surface area contributed by atoms with Gasteiger partial charge in [-0.1, -0.05) is 32.8 Å². The van der Waals surface area contributed by atoms with E-state index in [9.17, 15) is 23.5 Å². The van der Waals surface area contributed by atoms with Crippen LogP contribution < -0.4 is 10.6 Å². The fourth-order valence-electron chi connectivity index (χ4n) is 2.06. The maximum absolute atomic E-state index is 13.4. The third-order valence-electron chi connectivity index (χ3n) is 3.47. The van der Waals surface area contributed by atoms with Gasteiger partial charge in [-0.2, -0.15) is 0 Å². The van der Waals surface area contributed by atoms with Crippen LogP contribution in [0.25, 0.3) is 0 Å². The highest BCUT2D eigenvalue weighted by atomic mass is 19.1. The van der Waals surface area contributed by atoms with Crippen molar-refractivity contribution in [1.82, 2.24) is 5.32 Å². The van der Waals surface area contributed by atoms with E-state index in [4.69, 9.17) is 0 Å². The number of amides is 2. The molecule has 122 valence electrons. The van der Waals surface area contributed by atoms with Crippen molar-refractivity contribution in [3.05, 3.63) is 29.8 Å². The standard InChI is InChI=1S/C15H20F2N2O3/c1-3-9(4-2)12(20)8-18-14(21)15(22)19-13-10(16)6-5-7-11(13)17/h5-7,9,12,20H,3-4,8H2,1-2H3,(H,18,21)(H,19,22). The van der Waals surface area contributed by atoms with Gasteiger partial charge in [-0.3, -0.25) is 9.59 Å². The lowest BCUT2D eigenvalue weighted by Crippen LogP contribution is -2.41. The molecule has 0 aromatic heterocycles. The molecular weight excluding hydrogens is 294 g/mol. The number of aliphatic hydroxyl groups is 1. The highest BCUT2D eigenvalue weighted by Crippen LogP contribution is 2.17. The lowest BCUT2D eigenvalue weighted by Gasteiger charge is -2.20. The summed E-state index contributed by atoms with van der Waals surface area (Å²) < 4.78 is 26.7. The first-order valence-electron chi connectivity index (χ1n) is 7.11. The minimum Gasteiger partial charge on any atom is -0.391 e. The summed E-state index contributed by atoms with van der Waals surface area (Å²) in [6.07, 6.45) is 0.692. The molecule has 0 saturated heterocycles. The van der Waals surface area contributed by atoms with Crippen molar-refractivity contribution in [2.24, 2.45) is 5.92 Å². The van der Waals surface area contributed by atoms with Gasteiger partial charge >= 0.3 is 11.8 Å². The molecule has 0 bridgehead atoms. The van der Waals surface area contributed by atoms with Crippen LogP contribution in [-0.4, -0.2) is 29.6 Å². The molecule has 1 aromatic carbocycles. The van der Waals surface area contributed by atoms with Crippen LogP contribution in [0.15, 0.2) is 18.2 Å². The quantitative estimate of drug-likeness (QED) is 0.701. The Hall–Kier alpha value is -2.02. The molecule has 1 unspecified atom stereocenters. The number of nitrogens with one attached hydrogen (secondary N) is 2. The monoisotopic (exact) mass is 314 g/mol. The normalized spacial score (nSPS) is 12.1. The molecule has 0 saturated carbocycles. The van der Waals surface area contributed by atoms with E-state index in [1.54, 1.807) is 0 Å². The molecule has 0 aliphatic rings. The first kappa shape index (κ1) is 18.0. The van der Waals surface area contributed by atoms with E-state index in [1.807, 2.05) is 19.2 Å². The molecule has 7 heteroatoms. The van der Waals surface area contributed by atoms with Crippen LogP contribution in [-0.2, 0) is 9.59 Å². The maximum Gasteiger partial charge on any atom is 0.313 e. The third kappa shape index (κ3) is 4.77. The predicted octanol–water partition coefficient (Wildman–Crippen LogP) is 1.82. The fourth-order valence-corrected chi connectivity index (χ4v) is 2.06. The minimum absolute atomic E-state index is 0.00683. The van der Waals surface area contributed by atoms with Gasteiger partial charge in [0.1, 0.15) is 17.3 Å². The van der Waals surface area contributed by atoms with Gasteiger partial charge < -0.3 is 15.7 Å². The summed E-state index contributed by atoms with van der Waals surface area (Å²) in [6.45, 7) is 3.72. The van der Waals surface area contributed by atoms with E-state index in [0.29, 0.717) is 0 Å². The summed E-state index contributed by atoms with van der Waals surface area (Å²) in [7, 11) is 0. The van der Waals surface area contributed by atoms with Crippen LogP contribution in [0.1, 0.15) is 26.7 Å². The molecule has 0 aliphatic heterocycles. The van der Waals surface area contributed by atoms with E-state index >= 15 is 0 Å². The average molecular weight is 314 g/mol. The Morgan fingerprint density at radius 3 is 2.18 bits per heavy atom. The Labute approximate surface area is 127 Å². The Kier molecular flexibility index (Phi) is 6.91. The lowest BCUT2D eigenvalue weighted by atomic mass is 9.96. The Morgan fingerprint density at radius 1 is 1.14 bits per heavy atom. The largest absolute Gasteiger partial charge is 0.391 e. The van der Waals surface area contributed by atoms with Gasteiger partial charge in [0.2, 0.25) is 0 Å². The van der Waals surface area contributed by atoms with Gasteiger partial charge in [0.25, 0.3) is 0 Å². The zero-order valence-electron chi connectivity index (χ0n) is 12.5. The third-order valence-corrected chi connectivity index (χ3v) is 3.47. The fraction of sp³-hybridized carbons (Fsp3) is 0.467. The number of para-hydroxylation sites is 1. The minimum atomic E-state index is -1.19. The molecule has 22 heavy (non-hydrogen) atoms. The van der Waals surface area contributed by atoms with Crippen molar-refractivity contribution >= 4 is 17.5 Å². The van der Waals surface area contributed by atoms with Crippen molar-refractivity contribution in [1.29, 1.82) is 0 Å². The summed E-state index contributed by atoms with van der Waals surface area (Å²) in [5, 5.41) is 14.0. The molecule has 1 aromatic rings. The van der Waals surface area contributed by atoms with E-state index in [-0.39, 0.29) is 12.5 Å². The maximum atomic E-state index is 13.4. The number of carbonyl (C=O) groups is 2. The van der Waals surface area contributed by atoms with Crippen molar-refractivity contribution < 1.29 is 23.5 Å². The second-order valence-corrected chi connectivity index (χ2v) is 4.90. The van der Waals surface area contributed by atoms with Crippen molar-refractivity contribution in [2.75, 3.05) is 11.9 Å². The molecule has 0 aliphatic carbocycles. The van der Waals surface area contributed by atoms with Gasteiger partial charge in [0, 0.05) is 6.54 Å². The number of rotatable bonds is 6. The van der Waals surface area contributed by atoms with Crippen LogP contribution in [0, 0.1) is 17.6 Å². The molecule has 0 fully saturated rings. The smallest absolute Gasteiger partial charge is 0.313 e. The SMILES string of the molecule is CCC(CC)C(O)CNC(=O)C(=O)Nc1c(F)cccc1F. The second-order valence-electron chi connectivity index (χ2n) is 4.90. The summed E-state index contributed by atoms with van der Waals surface area (Å²) in [4.78, 5) is 23.2. The summed E-state index contributed by atoms with van der Waals surface area (Å²) in [6, 6.07) is 3.08. The predicted molar refractivity (Wildman–Crippen MR) is 78.1 cm³/mol. The van der Waals surface area contributed by atoms with Crippen LogP contribution in [0.3, 0.4) is 0 Å². The number of benzene rings is 1. The zero-order chi connectivity index (χ0) is 16.7. The van der Waals surface area contributed by atoms with Crippen molar-refractivity contribution in [3.63, 3.8) is 0 Å². The summed E-state index contributed by atoms with van der Waals surface area (Å²) >= 11 is 0. The molecule has 5 nitrogen and oxygen atoms in total. The first-order valence-corrected chi connectivity index (χ1v) is 7.11. The van der Waals surface area contributed by atoms with Gasteiger partial charge in [-0.05, 0) is 18.1 Å². The van der Waals surface area contributed by atoms with Gasteiger partial charge in [-0.25, -0.2) is 8.78 Å². The number of anilines is 1. The van der Waals surface area contributed by atoms with E-state index in [2.05, 4.69) is 5.32 Å². The molecule has 1 atom stereocenters. The van der Waals surface area contributed by atoms with Crippen LogP contribution in [0.4, 0.5) is 14.5 Å². The highest BCUT2D eigenvalue weighted by molar-refractivity contribution is 6.39. The van der Waals surface area contributed by atoms with Crippen LogP contribution >= 0.6 is 0 Å². The van der Waals surface area contributed by atoms with Crippen LogP contribution in [0.2, 0.25) is 0 Å². The highest BCUT2D eigenvalue weighted by Gasteiger charge is 2.21. The van der Waals surface area contributed by atoms with Gasteiger partial charge in [0.05, 0.1) is 6.10 Å². The van der Waals surface area contributed by atoms with E-state index in [1.165, 1.54) is 0 Å². The Bertz CT molecular complexity index is 513. The van der Waals surface area contributed by atoms with Crippen molar-refractivity contribution in [2.45, 2.75) is 32.8 Å². The molecular formula is C15H20F2N2O3. The Morgan fingerprint density at radius 2 is 1.68 bits per heavy atom. The lowest BCUT2D eigenvalue weighted by molar-refractivity contribution is -0.136. The molecule has 1 rings (SSSR count). The molecule has 2 amide bonds. The Balaban J connectivity index is 2.58. The number of hydrogen-bond donors (Lipinski definition) is 3. The van der Waals surface area contributed by atoms with E-state index in [0.717, 1.165) is 31.0 Å². The van der Waals surface area contributed by atoms with Crippen LogP contribution in [0.5, 0.6) is 0 Å². The van der Waals surface area contributed by atoms with E-state index < -0.39 is 35.2 Å². The molecule has 0 heterocycles. The number of aliphatic hydroxyl groups excluding tert-OH is 1. The first-order chi connectivity index (χ1) is 10.4. The second kappa shape index (κ2) is 8.43. The summed E-state index contributed by atoms with van der Waals surface area (Å²) in [5.41, 5.74) is -0.678. The number of carbonyl (C=O) groups excluding carboxylic acids is 2. The molecule has 0 spiro atoms. The molecule has 3 N–H and O–H groups in total. The van der Waals surface area contributed by atoms with Crippen molar-refractivity contribution in [3.8, 4) is 0 Å². The topological polar surface area (TPSA) is 78.4 Å². The number of hydrogen-bond acceptors (Lipinski definition) is 3. The van der Waals surface area contributed by atoms with Gasteiger partial charge in [0.15, 0.2) is 0 Å². The number of halogens is 2. The molecule has 0 radical (unpaired) electrons. The zero-order valence-corrected chi connectivity index (χ0v) is 12.5. The average Bonchev–Trinajstić information content (AvgIpc) is 2.49.